The molecule has 0 fully saturated rings. The molecule has 0 aliphatic heterocycles. The van der Waals surface area contributed by atoms with E-state index in [9.17, 15) is 18.0 Å². The Morgan fingerprint density at radius 1 is 0.700 bits per heavy atom. The lowest BCUT2D eigenvalue weighted by molar-refractivity contribution is 0.102. The van der Waals surface area contributed by atoms with Gasteiger partial charge in [0, 0.05) is 22.6 Å². The van der Waals surface area contributed by atoms with Gasteiger partial charge in [0.25, 0.3) is 5.91 Å². The van der Waals surface area contributed by atoms with E-state index in [4.69, 9.17) is 5.14 Å². The van der Waals surface area contributed by atoms with Gasteiger partial charge in [0.2, 0.25) is 10.0 Å². The predicted molar refractivity (Wildman–Crippen MR) is 117 cm³/mol. The number of hydrogen-bond acceptors (Lipinski definition) is 4. The fraction of sp³-hybridized carbons (Fsp3) is 0.0476. The number of carbonyl (C=O) groups is 2. The highest BCUT2D eigenvalue weighted by Gasteiger charge is 2.09. The zero-order valence-electron chi connectivity index (χ0n) is 15.8. The number of rotatable bonds is 6. The van der Waals surface area contributed by atoms with E-state index in [1.807, 2.05) is 18.2 Å². The van der Waals surface area contributed by atoms with Crippen LogP contribution in [0.4, 0.5) is 21.9 Å². The number of hydrogen-bond donors (Lipinski definition) is 4. The van der Waals surface area contributed by atoms with Crippen molar-refractivity contribution >= 4 is 39.0 Å². The highest BCUT2D eigenvalue weighted by atomic mass is 32.2. The smallest absolute Gasteiger partial charge is 0.322 e. The summed E-state index contributed by atoms with van der Waals surface area (Å²) in [5.74, 6) is -0.609. The molecule has 3 aromatic carbocycles. The molecule has 9 heteroatoms. The summed E-state index contributed by atoms with van der Waals surface area (Å²) in [4.78, 5) is 24.4. The molecule has 3 aromatic rings. The summed E-state index contributed by atoms with van der Waals surface area (Å²) in [5, 5.41) is 13.1. The van der Waals surface area contributed by atoms with Crippen LogP contribution in [-0.2, 0) is 15.8 Å². The Labute approximate surface area is 174 Å². The molecule has 0 radical (unpaired) electrons. The summed E-state index contributed by atoms with van der Waals surface area (Å²) in [6.07, 6.45) is 0. The Morgan fingerprint density at radius 3 is 1.77 bits per heavy atom. The maximum absolute atomic E-state index is 12.4. The van der Waals surface area contributed by atoms with E-state index in [1.54, 1.807) is 60.7 Å². The molecule has 8 nitrogen and oxygen atoms in total. The molecule has 3 amide bonds. The lowest BCUT2D eigenvalue weighted by Gasteiger charge is -2.09. The quantitative estimate of drug-likeness (QED) is 0.483. The average Bonchev–Trinajstić information content (AvgIpc) is 2.69. The summed E-state index contributed by atoms with van der Waals surface area (Å²) >= 11 is 0. The van der Waals surface area contributed by atoms with Crippen molar-refractivity contribution < 1.29 is 18.0 Å². The molecular weight excluding hydrogens is 404 g/mol. The lowest BCUT2D eigenvalue weighted by Crippen LogP contribution is -2.19. The van der Waals surface area contributed by atoms with Gasteiger partial charge >= 0.3 is 6.03 Å². The van der Waals surface area contributed by atoms with Crippen LogP contribution in [0.1, 0.15) is 15.9 Å². The standard InChI is InChI=1S/C21H20N4O4S/c22-30(28,29)14-15-6-10-18(11-7-15)23-20(26)16-8-12-19(13-9-16)25-21(27)24-17-4-2-1-3-5-17/h1-13H,14H2,(H,23,26)(H2,22,28,29)(H2,24,25,27). The van der Waals surface area contributed by atoms with E-state index in [2.05, 4.69) is 16.0 Å². The zero-order valence-corrected chi connectivity index (χ0v) is 16.6. The van der Waals surface area contributed by atoms with Crippen LogP contribution in [0.5, 0.6) is 0 Å². The van der Waals surface area contributed by atoms with E-state index in [0.29, 0.717) is 28.2 Å². The fourth-order valence-corrected chi connectivity index (χ4v) is 3.30. The molecular formula is C21H20N4O4S. The zero-order chi connectivity index (χ0) is 21.6. The van der Waals surface area contributed by atoms with E-state index < -0.39 is 16.1 Å². The van der Waals surface area contributed by atoms with Crippen molar-refractivity contribution in [2.24, 2.45) is 5.14 Å². The molecule has 30 heavy (non-hydrogen) atoms. The topological polar surface area (TPSA) is 130 Å². The van der Waals surface area contributed by atoms with Crippen LogP contribution in [0.15, 0.2) is 78.9 Å². The monoisotopic (exact) mass is 424 g/mol. The highest BCUT2D eigenvalue weighted by molar-refractivity contribution is 7.88. The Kier molecular flexibility index (Phi) is 6.45. The minimum absolute atomic E-state index is 0.270. The number of sulfonamides is 1. The molecule has 0 aliphatic carbocycles. The minimum Gasteiger partial charge on any atom is -0.322 e. The lowest BCUT2D eigenvalue weighted by atomic mass is 10.1. The average molecular weight is 424 g/mol. The fourth-order valence-electron chi connectivity index (χ4n) is 2.64. The predicted octanol–water partition coefficient (Wildman–Crippen LogP) is 3.37. The van der Waals surface area contributed by atoms with Gasteiger partial charge < -0.3 is 16.0 Å². The molecule has 0 saturated heterocycles. The number of para-hydroxylation sites is 1. The Bertz CT molecular complexity index is 1130. The van der Waals surface area contributed by atoms with E-state index in [-0.39, 0.29) is 11.7 Å². The first-order chi connectivity index (χ1) is 14.3. The summed E-state index contributed by atoms with van der Waals surface area (Å²) in [6.45, 7) is 0. The highest BCUT2D eigenvalue weighted by Crippen LogP contribution is 2.15. The molecule has 3 rings (SSSR count). The van der Waals surface area contributed by atoms with Crippen molar-refractivity contribution in [1.29, 1.82) is 0 Å². The van der Waals surface area contributed by atoms with Gasteiger partial charge in [-0.3, -0.25) is 4.79 Å². The van der Waals surface area contributed by atoms with Gasteiger partial charge in [0.05, 0.1) is 5.75 Å². The van der Waals surface area contributed by atoms with Gasteiger partial charge in [-0.05, 0) is 54.1 Å². The Hall–Kier alpha value is -3.69. The van der Waals surface area contributed by atoms with Crippen LogP contribution >= 0.6 is 0 Å². The second-order valence-corrected chi connectivity index (χ2v) is 8.10. The molecule has 0 heterocycles. The number of anilines is 3. The van der Waals surface area contributed by atoms with Crippen molar-refractivity contribution in [3.8, 4) is 0 Å². The second-order valence-electron chi connectivity index (χ2n) is 6.48. The van der Waals surface area contributed by atoms with Crippen molar-refractivity contribution in [2.75, 3.05) is 16.0 Å². The molecule has 5 N–H and O–H groups in total. The molecule has 154 valence electrons. The van der Waals surface area contributed by atoms with Crippen LogP contribution < -0.4 is 21.1 Å². The number of primary sulfonamides is 1. The summed E-state index contributed by atoms with van der Waals surface area (Å²) < 4.78 is 22.2. The maximum atomic E-state index is 12.4. The van der Waals surface area contributed by atoms with Crippen LogP contribution in [-0.4, -0.2) is 20.4 Å². The van der Waals surface area contributed by atoms with E-state index in [0.717, 1.165) is 0 Å². The number of urea groups is 1. The summed E-state index contributed by atoms with van der Waals surface area (Å²) in [7, 11) is -3.61. The molecule has 0 spiro atoms. The van der Waals surface area contributed by atoms with Crippen molar-refractivity contribution in [1.82, 2.24) is 0 Å². The number of nitrogens with two attached hydrogens (primary N) is 1. The number of carbonyl (C=O) groups excluding carboxylic acids is 2. The van der Waals surface area contributed by atoms with Gasteiger partial charge in [0.15, 0.2) is 0 Å². The van der Waals surface area contributed by atoms with Gasteiger partial charge in [-0.15, -0.1) is 0 Å². The SMILES string of the molecule is NS(=O)(=O)Cc1ccc(NC(=O)c2ccc(NC(=O)Nc3ccccc3)cc2)cc1. The molecule has 0 aliphatic rings. The molecule has 0 atom stereocenters. The largest absolute Gasteiger partial charge is 0.323 e. The Morgan fingerprint density at radius 2 is 1.20 bits per heavy atom. The third-order valence-electron chi connectivity index (χ3n) is 4.02. The maximum Gasteiger partial charge on any atom is 0.323 e. The molecule has 0 aromatic heterocycles. The van der Waals surface area contributed by atoms with Gasteiger partial charge in [-0.25, -0.2) is 18.4 Å². The molecule has 0 saturated carbocycles. The van der Waals surface area contributed by atoms with Crippen molar-refractivity contribution in [3.05, 3.63) is 90.0 Å². The third kappa shape index (κ3) is 6.43. The molecule has 0 unspecified atom stereocenters. The van der Waals surface area contributed by atoms with Gasteiger partial charge in [-0.2, -0.15) is 0 Å². The summed E-state index contributed by atoms with van der Waals surface area (Å²) in [6, 6.07) is 21.4. The van der Waals surface area contributed by atoms with Crippen LogP contribution in [0.2, 0.25) is 0 Å². The first kappa shape index (κ1) is 21.0. The minimum atomic E-state index is -3.61. The Balaban J connectivity index is 1.56. The normalized spacial score (nSPS) is 10.8. The van der Waals surface area contributed by atoms with Gasteiger partial charge in [0.1, 0.15) is 0 Å². The summed E-state index contributed by atoms with van der Waals surface area (Å²) in [5.41, 5.74) is 2.65. The number of nitrogens with one attached hydrogen (secondary N) is 3. The van der Waals surface area contributed by atoms with Crippen LogP contribution in [0.3, 0.4) is 0 Å². The van der Waals surface area contributed by atoms with Crippen LogP contribution in [0.25, 0.3) is 0 Å². The number of amides is 3. The van der Waals surface area contributed by atoms with Crippen molar-refractivity contribution in [3.63, 3.8) is 0 Å². The second kappa shape index (κ2) is 9.21. The first-order valence-electron chi connectivity index (χ1n) is 8.92. The third-order valence-corrected chi connectivity index (χ3v) is 4.75. The first-order valence-corrected chi connectivity index (χ1v) is 10.6. The van der Waals surface area contributed by atoms with Crippen LogP contribution in [0, 0.1) is 0 Å². The van der Waals surface area contributed by atoms with Gasteiger partial charge in [-0.1, -0.05) is 30.3 Å². The van der Waals surface area contributed by atoms with Crippen molar-refractivity contribution in [2.45, 2.75) is 5.75 Å². The number of benzene rings is 3. The van der Waals surface area contributed by atoms with E-state index in [1.165, 1.54) is 0 Å². The van der Waals surface area contributed by atoms with E-state index >= 15 is 0 Å². The molecule has 0 bridgehead atoms.